The number of aryl methyl sites for hydroxylation is 3. The molecule has 0 spiro atoms. The Morgan fingerprint density at radius 3 is 1.15 bits per heavy atom. The summed E-state index contributed by atoms with van der Waals surface area (Å²) in [6.45, 7) is 36.1. The Hall–Kier alpha value is -4.01. The van der Waals surface area contributed by atoms with Crippen LogP contribution in [0.25, 0.3) is 0 Å². The molecule has 316 valence electrons. The van der Waals surface area contributed by atoms with Crippen LogP contribution in [0.4, 0.5) is 34.1 Å². The third-order valence-corrected chi connectivity index (χ3v) is 15.8. The van der Waals surface area contributed by atoms with E-state index in [1.807, 2.05) is 6.07 Å². The number of halogens is 1. The number of anilines is 6. The Labute approximate surface area is 368 Å². The van der Waals surface area contributed by atoms with Crippen molar-refractivity contribution < 1.29 is 0 Å². The third kappa shape index (κ3) is 7.31. The molecule has 3 aliphatic rings. The highest BCUT2D eigenvalue weighted by molar-refractivity contribution is 6.30. The average molecular weight is 820 g/mol. The van der Waals surface area contributed by atoms with Crippen LogP contribution in [0.2, 0.25) is 5.02 Å². The van der Waals surface area contributed by atoms with E-state index in [1.54, 1.807) is 0 Å². The number of fused-ring (bicyclic) bond motifs is 3. The van der Waals surface area contributed by atoms with Crippen LogP contribution in [0.3, 0.4) is 0 Å². The lowest BCUT2D eigenvalue weighted by Crippen LogP contribution is -2.34. The molecule has 0 radical (unpaired) electrons. The molecule has 0 aliphatic heterocycles. The largest absolute Gasteiger partial charge is 0.310 e. The second-order valence-corrected chi connectivity index (χ2v) is 23.5. The molecular weight excluding hydrogens is 748 g/mol. The van der Waals surface area contributed by atoms with E-state index in [4.69, 9.17) is 11.6 Å². The first kappa shape index (κ1) is 42.7. The molecule has 0 N–H and O–H groups in total. The lowest BCUT2D eigenvalue weighted by atomic mass is 9.62. The van der Waals surface area contributed by atoms with E-state index in [1.165, 1.54) is 106 Å². The zero-order valence-electron chi connectivity index (χ0n) is 39.6. The van der Waals surface area contributed by atoms with Gasteiger partial charge in [0.05, 0.1) is 0 Å². The molecule has 0 saturated carbocycles. The van der Waals surface area contributed by atoms with Crippen LogP contribution in [0.5, 0.6) is 0 Å². The summed E-state index contributed by atoms with van der Waals surface area (Å²) in [5.74, 6) is 0. The van der Waals surface area contributed by atoms with Gasteiger partial charge < -0.3 is 9.80 Å². The Balaban J connectivity index is 1.40. The highest BCUT2D eigenvalue weighted by atomic mass is 35.5. The molecule has 0 aromatic heterocycles. The van der Waals surface area contributed by atoms with E-state index in [-0.39, 0.29) is 32.5 Å². The van der Waals surface area contributed by atoms with Gasteiger partial charge in [-0.3, -0.25) is 0 Å². The fraction of sp³-hybridized carbons (Fsp3) is 0.474. The van der Waals surface area contributed by atoms with Gasteiger partial charge in [0.1, 0.15) is 0 Å². The first-order valence-corrected chi connectivity index (χ1v) is 23.1. The van der Waals surface area contributed by atoms with Gasteiger partial charge in [0.15, 0.2) is 0 Å². The van der Waals surface area contributed by atoms with Gasteiger partial charge in [0, 0.05) is 39.1 Å². The molecule has 0 amide bonds. The predicted octanol–water partition coefficient (Wildman–Crippen LogP) is 17.3. The summed E-state index contributed by atoms with van der Waals surface area (Å²) in [5.41, 5.74) is 20.3. The molecular formula is C57H71ClN2. The molecule has 0 bridgehead atoms. The van der Waals surface area contributed by atoms with Gasteiger partial charge in [0.2, 0.25) is 0 Å². The molecule has 2 nitrogen and oxygen atoms in total. The Morgan fingerprint density at radius 2 is 0.733 bits per heavy atom. The van der Waals surface area contributed by atoms with Crippen molar-refractivity contribution in [3.05, 3.63) is 140 Å². The average Bonchev–Trinajstić information content (AvgIpc) is 3.15. The SMILES string of the molecule is Cc1cc(N(c2cccc(Cl)c2)c2cc3c(cc2C)C(C)(C)CCC3(C)C)cc(N(c2ccc3c(c2)C(C)(C)CCC3(C)C)c2cc3c(cc2C)C(C)(C)CCC3(C)C)c1. The minimum Gasteiger partial charge on any atom is -0.310 e. The van der Waals surface area contributed by atoms with Gasteiger partial charge in [0.25, 0.3) is 0 Å². The van der Waals surface area contributed by atoms with Gasteiger partial charge >= 0.3 is 0 Å². The highest BCUT2D eigenvalue weighted by Gasteiger charge is 2.41. The van der Waals surface area contributed by atoms with Crippen molar-refractivity contribution in [2.24, 2.45) is 0 Å². The molecule has 5 aromatic rings. The lowest BCUT2D eigenvalue weighted by molar-refractivity contribution is 0.331. The molecule has 0 atom stereocenters. The van der Waals surface area contributed by atoms with E-state index in [0.29, 0.717) is 0 Å². The molecule has 60 heavy (non-hydrogen) atoms. The Bertz CT molecular complexity index is 2510. The van der Waals surface area contributed by atoms with Crippen LogP contribution in [0.1, 0.15) is 172 Å². The lowest BCUT2D eigenvalue weighted by Gasteiger charge is -2.44. The molecule has 5 aromatic carbocycles. The van der Waals surface area contributed by atoms with Crippen LogP contribution in [0, 0.1) is 20.8 Å². The first-order chi connectivity index (χ1) is 27.8. The number of hydrogen-bond acceptors (Lipinski definition) is 2. The summed E-state index contributed by atoms with van der Waals surface area (Å²) < 4.78 is 0. The summed E-state index contributed by atoms with van der Waals surface area (Å²) in [7, 11) is 0. The third-order valence-electron chi connectivity index (χ3n) is 15.5. The molecule has 3 aliphatic carbocycles. The second-order valence-electron chi connectivity index (χ2n) is 23.1. The molecule has 3 heteroatoms. The van der Waals surface area contributed by atoms with Gasteiger partial charge in [-0.1, -0.05) is 119 Å². The Kier molecular flexibility index (Phi) is 10.1. The van der Waals surface area contributed by atoms with E-state index in [2.05, 4.69) is 193 Å². The molecule has 8 rings (SSSR count). The molecule has 0 unspecified atom stereocenters. The fourth-order valence-corrected chi connectivity index (χ4v) is 11.3. The van der Waals surface area contributed by atoms with Crippen molar-refractivity contribution in [1.29, 1.82) is 0 Å². The standard InChI is InChI=1S/C57H71ClN2/c1-36-27-42(59(40-18-16-17-39(58)31-40)50-34-48-45(29-37(50)2)53(6,7)23-25-56(48,12)13)32-43(28-36)60(41-19-20-44-47(33-41)55(10,11)22-21-52(44,4)5)51-35-49-46(30-38(51)3)54(8,9)24-26-57(49,14)15/h16-20,27-35H,21-26H2,1-15H3. The highest BCUT2D eigenvalue weighted by Crippen LogP contribution is 2.54. The van der Waals surface area contributed by atoms with Crippen molar-refractivity contribution in [2.45, 2.75) is 175 Å². The predicted molar refractivity (Wildman–Crippen MR) is 261 cm³/mol. The van der Waals surface area contributed by atoms with Crippen LogP contribution < -0.4 is 9.80 Å². The monoisotopic (exact) mass is 819 g/mol. The zero-order chi connectivity index (χ0) is 43.5. The van der Waals surface area contributed by atoms with Gasteiger partial charge in [-0.05, 0) is 203 Å². The smallest absolute Gasteiger partial charge is 0.0493 e. The van der Waals surface area contributed by atoms with E-state index in [0.717, 1.165) is 22.1 Å². The van der Waals surface area contributed by atoms with Gasteiger partial charge in [-0.2, -0.15) is 0 Å². The van der Waals surface area contributed by atoms with E-state index < -0.39 is 0 Å². The fourth-order valence-electron chi connectivity index (χ4n) is 11.1. The maximum atomic E-state index is 6.86. The second kappa shape index (κ2) is 14.3. The van der Waals surface area contributed by atoms with Crippen molar-refractivity contribution in [3.8, 4) is 0 Å². The molecule has 0 heterocycles. The van der Waals surface area contributed by atoms with Crippen molar-refractivity contribution in [1.82, 2.24) is 0 Å². The van der Waals surface area contributed by atoms with Gasteiger partial charge in [-0.25, -0.2) is 0 Å². The maximum Gasteiger partial charge on any atom is 0.0493 e. The number of benzene rings is 5. The Morgan fingerprint density at radius 1 is 0.367 bits per heavy atom. The van der Waals surface area contributed by atoms with Crippen molar-refractivity contribution in [2.75, 3.05) is 9.80 Å². The topological polar surface area (TPSA) is 6.48 Å². The van der Waals surface area contributed by atoms with E-state index in [9.17, 15) is 0 Å². The minimum absolute atomic E-state index is 0.0724. The quantitative estimate of drug-likeness (QED) is 0.168. The number of rotatable bonds is 6. The van der Waals surface area contributed by atoms with E-state index >= 15 is 0 Å². The van der Waals surface area contributed by atoms with Crippen LogP contribution >= 0.6 is 11.6 Å². The van der Waals surface area contributed by atoms with Crippen LogP contribution in [0.15, 0.2) is 84.9 Å². The molecule has 0 saturated heterocycles. The minimum atomic E-state index is 0.0724. The normalized spacial score (nSPS) is 20.1. The zero-order valence-corrected chi connectivity index (χ0v) is 40.4. The van der Waals surface area contributed by atoms with Crippen LogP contribution in [-0.2, 0) is 32.5 Å². The first-order valence-electron chi connectivity index (χ1n) is 22.8. The van der Waals surface area contributed by atoms with Crippen molar-refractivity contribution in [3.63, 3.8) is 0 Å². The summed E-state index contributed by atoms with van der Waals surface area (Å²) in [4.78, 5) is 5.06. The molecule has 0 fully saturated rings. The van der Waals surface area contributed by atoms with Crippen LogP contribution in [-0.4, -0.2) is 0 Å². The number of nitrogens with zero attached hydrogens (tertiary/aromatic N) is 2. The number of hydrogen-bond donors (Lipinski definition) is 0. The maximum absolute atomic E-state index is 6.86. The summed E-state index contributed by atoms with van der Waals surface area (Å²) >= 11 is 6.86. The summed E-state index contributed by atoms with van der Waals surface area (Å²) in [6.07, 6.45) is 7.10. The summed E-state index contributed by atoms with van der Waals surface area (Å²) in [6, 6.07) is 33.1. The van der Waals surface area contributed by atoms with Gasteiger partial charge in [-0.15, -0.1) is 0 Å². The summed E-state index contributed by atoms with van der Waals surface area (Å²) in [5, 5.41) is 0.735. The van der Waals surface area contributed by atoms with Crippen molar-refractivity contribution >= 4 is 45.7 Å².